The first-order chi connectivity index (χ1) is 27.8. The Hall–Kier alpha value is -7.70. The summed E-state index contributed by atoms with van der Waals surface area (Å²) in [4.78, 5) is 19.1. The van der Waals surface area contributed by atoms with Gasteiger partial charge in [0.15, 0.2) is 0 Å². The third-order valence-corrected chi connectivity index (χ3v) is 10.7. The Bertz CT molecular complexity index is 3180. The molecule has 56 heavy (non-hydrogen) atoms. The van der Waals surface area contributed by atoms with Gasteiger partial charge in [0, 0.05) is 51.7 Å². The van der Waals surface area contributed by atoms with Crippen LogP contribution < -0.4 is 0 Å². The second-order valence-corrected chi connectivity index (χ2v) is 13.9. The standard InChI is InChI=1S/C50H32N6/c1-2-14-36(15-3-1)55-47-23-12-28-53-49(47)41-25-24-34(32-48(41)55)38-18-11-19-40-39-17-4-5-22-46(39)56(50(38)40)37-16-10-13-33(29-37)35-30-44(42-20-6-8-26-51-42)54-45(31-35)43-21-7-9-27-52-43/h1-32H. The van der Waals surface area contributed by atoms with Gasteiger partial charge in [-0.2, -0.15) is 0 Å². The molecule has 6 nitrogen and oxygen atoms in total. The molecule has 0 fully saturated rings. The Morgan fingerprint density at radius 3 is 1.80 bits per heavy atom. The van der Waals surface area contributed by atoms with Crippen molar-refractivity contribution in [1.29, 1.82) is 0 Å². The van der Waals surface area contributed by atoms with Crippen LogP contribution in [0.3, 0.4) is 0 Å². The molecule has 0 radical (unpaired) electrons. The van der Waals surface area contributed by atoms with Gasteiger partial charge in [-0.25, -0.2) is 4.98 Å². The van der Waals surface area contributed by atoms with Crippen LogP contribution in [-0.4, -0.2) is 29.1 Å². The topological polar surface area (TPSA) is 61.4 Å². The minimum Gasteiger partial charge on any atom is -0.309 e. The SMILES string of the molecule is c1ccc(-n2c3cc(-c4cccc5c6ccccc6n(-c6cccc(-c7cc(-c8ccccn8)nc(-c8ccccn8)c7)c6)c45)ccc3c3ncccc32)cc1. The summed E-state index contributed by atoms with van der Waals surface area (Å²) in [7, 11) is 0. The highest BCUT2D eigenvalue weighted by Crippen LogP contribution is 2.41. The summed E-state index contributed by atoms with van der Waals surface area (Å²) in [5.41, 5.74) is 15.3. The summed E-state index contributed by atoms with van der Waals surface area (Å²) in [6.07, 6.45) is 5.49. The molecule has 0 N–H and O–H groups in total. The Kier molecular flexibility index (Phi) is 7.38. The second kappa shape index (κ2) is 13.0. The molecule has 262 valence electrons. The molecular weight excluding hydrogens is 685 g/mol. The van der Waals surface area contributed by atoms with Gasteiger partial charge in [0.25, 0.3) is 0 Å². The molecule has 0 unspecified atom stereocenters. The molecule has 6 heterocycles. The van der Waals surface area contributed by atoms with Gasteiger partial charge in [-0.3, -0.25) is 15.0 Å². The van der Waals surface area contributed by atoms with Crippen molar-refractivity contribution in [1.82, 2.24) is 29.1 Å². The molecule has 0 amide bonds. The molecule has 11 aromatic rings. The van der Waals surface area contributed by atoms with E-state index >= 15 is 0 Å². The molecule has 11 rings (SSSR count). The van der Waals surface area contributed by atoms with Crippen molar-refractivity contribution in [3.05, 3.63) is 195 Å². The van der Waals surface area contributed by atoms with Gasteiger partial charge in [-0.1, -0.05) is 84.9 Å². The highest BCUT2D eigenvalue weighted by molar-refractivity contribution is 6.15. The molecule has 0 saturated carbocycles. The zero-order valence-electron chi connectivity index (χ0n) is 30.2. The molecule has 0 saturated heterocycles. The van der Waals surface area contributed by atoms with Gasteiger partial charge in [0.1, 0.15) is 0 Å². The lowest BCUT2D eigenvalue weighted by Crippen LogP contribution is -1.97. The fourth-order valence-corrected chi connectivity index (χ4v) is 8.19. The molecular formula is C50H32N6. The third kappa shape index (κ3) is 5.19. The smallest absolute Gasteiger partial charge is 0.0963 e. The van der Waals surface area contributed by atoms with Gasteiger partial charge in [0.05, 0.1) is 50.4 Å². The normalized spacial score (nSPS) is 11.6. The maximum Gasteiger partial charge on any atom is 0.0963 e. The highest BCUT2D eigenvalue weighted by Gasteiger charge is 2.20. The lowest BCUT2D eigenvalue weighted by Gasteiger charge is -2.14. The van der Waals surface area contributed by atoms with E-state index in [1.165, 1.54) is 10.8 Å². The van der Waals surface area contributed by atoms with E-state index in [4.69, 9.17) is 9.97 Å². The van der Waals surface area contributed by atoms with Crippen LogP contribution in [0.5, 0.6) is 0 Å². The van der Waals surface area contributed by atoms with Gasteiger partial charge in [-0.15, -0.1) is 0 Å². The summed E-state index contributed by atoms with van der Waals surface area (Å²) < 4.78 is 4.75. The number of para-hydroxylation sites is 3. The van der Waals surface area contributed by atoms with E-state index in [0.717, 1.165) is 89.4 Å². The summed E-state index contributed by atoms with van der Waals surface area (Å²) in [5.74, 6) is 0. The molecule has 6 heteroatoms. The average molecular weight is 717 g/mol. The lowest BCUT2D eigenvalue weighted by molar-refractivity contribution is 1.17. The maximum atomic E-state index is 5.02. The van der Waals surface area contributed by atoms with Crippen LogP contribution in [0.25, 0.3) is 100 Å². The first-order valence-corrected chi connectivity index (χ1v) is 18.7. The zero-order chi connectivity index (χ0) is 37.0. The van der Waals surface area contributed by atoms with Crippen molar-refractivity contribution in [2.24, 2.45) is 0 Å². The first-order valence-electron chi connectivity index (χ1n) is 18.7. The van der Waals surface area contributed by atoms with Crippen LogP contribution in [0.1, 0.15) is 0 Å². The number of benzene rings is 5. The molecule has 0 bridgehead atoms. The minimum atomic E-state index is 0.798. The van der Waals surface area contributed by atoms with E-state index in [1.807, 2.05) is 48.7 Å². The highest BCUT2D eigenvalue weighted by atomic mass is 15.0. The molecule has 0 aliphatic rings. The summed E-state index contributed by atoms with van der Waals surface area (Å²) in [5, 5.41) is 3.53. The van der Waals surface area contributed by atoms with Gasteiger partial charge >= 0.3 is 0 Å². The predicted octanol–water partition coefficient (Wildman–Crippen LogP) is 12.1. The van der Waals surface area contributed by atoms with Gasteiger partial charge in [-0.05, 0) is 108 Å². The van der Waals surface area contributed by atoms with E-state index in [0.29, 0.717) is 0 Å². The molecule has 0 aliphatic heterocycles. The average Bonchev–Trinajstić information content (AvgIpc) is 3.80. The van der Waals surface area contributed by atoms with Crippen LogP contribution in [0, 0.1) is 0 Å². The van der Waals surface area contributed by atoms with Crippen molar-refractivity contribution >= 4 is 43.7 Å². The summed E-state index contributed by atoms with van der Waals surface area (Å²) in [6.45, 7) is 0. The number of nitrogens with zero attached hydrogens (tertiary/aromatic N) is 6. The summed E-state index contributed by atoms with van der Waals surface area (Å²) >= 11 is 0. The van der Waals surface area contributed by atoms with Gasteiger partial charge < -0.3 is 9.13 Å². The molecule has 5 aromatic carbocycles. The van der Waals surface area contributed by atoms with E-state index < -0.39 is 0 Å². The van der Waals surface area contributed by atoms with Crippen molar-refractivity contribution in [2.45, 2.75) is 0 Å². The van der Waals surface area contributed by atoms with Crippen molar-refractivity contribution < 1.29 is 0 Å². The molecule has 0 atom stereocenters. The van der Waals surface area contributed by atoms with Crippen LogP contribution in [0.15, 0.2) is 195 Å². The maximum absolute atomic E-state index is 5.02. The number of hydrogen-bond donors (Lipinski definition) is 0. The van der Waals surface area contributed by atoms with Crippen LogP contribution >= 0.6 is 0 Å². The first kappa shape index (κ1) is 31.8. The number of fused-ring (bicyclic) bond motifs is 6. The van der Waals surface area contributed by atoms with Crippen molar-refractivity contribution in [2.75, 3.05) is 0 Å². The minimum absolute atomic E-state index is 0.798. The number of hydrogen-bond acceptors (Lipinski definition) is 4. The van der Waals surface area contributed by atoms with Crippen LogP contribution in [-0.2, 0) is 0 Å². The molecule has 6 aromatic heterocycles. The van der Waals surface area contributed by atoms with Crippen molar-refractivity contribution in [3.8, 4) is 56.4 Å². The number of aromatic nitrogens is 6. The van der Waals surface area contributed by atoms with Crippen molar-refractivity contribution in [3.63, 3.8) is 0 Å². The fraction of sp³-hybridized carbons (Fsp3) is 0. The number of rotatable bonds is 6. The van der Waals surface area contributed by atoms with E-state index in [1.54, 1.807) is 12.4 Å². The third-order valence-electron chi connectivity index (χ3n) is 10.7. The van der Waals surface area contributed by atoms with E-state index in [9.17, 15) is 0 Å². The van der Waals surface area contributed by atoms with Crippen LogP contribution in [0.2, 0.25) is 0 Å². The quantitative estimate of drug-likeness (QED) is 0.172. The van der Waals surface area contributed by atoms with Crippen LogP contribution in [0.4, 0.5) is 0 Å². The van der Waals surface area contributed by atoms with E-state index in [-0.39, 0.29) is 0 Å². The Labute approximate surface area is 322 Å². The molecule has 0 aliphatic carbocycles. The lowest BCUT2D eigenvalue weighted by atomic mass is 10.00. The summed E-state index contributed by atoms with van der Waals surface area (Å²) in [6, 6.07) is 61.8. The zero-order valence-corrected chi connectivity index (χ0v) is 30.2. The number of pyridine rings is 4. The largest absolute Gasteiger partial charge is 0.309 e. The molecule has 0 spiro atoms. The Morgan fingerprint density at radius 2 is 1.02 bits per heavy atom. The fourth-order valence-electron chi connectivity index (χ4n) is 8.19. The monoisotopic (exact) mass is 716 g/mol. The van der Waals surface area contributed by atoms with Gasteiger partial charge in [0.2, 0.25) is 0 Å². The van der Waals surface area contributed by atoms with E-state index in [2.05, 4.69) is 153 Å². The second-order valence-electron chi connectivity index (χ2n) is 13.9. The Balaban J connectivity index is 1.13. The Morgan fingerprint density at radius 1 is 0.339 bits per heavy atom. The predicted molar refractivity (Wildman–Crippen MR) is 228 cm³/mol.